The summed E-state index contributed by atoms with van der Waals surface area (Å²) >= 11 is 1.30. The maximum absolute atomic E-state index is 11.2. The first-order chi connectivity index (χ1) is 9.08. The molecule has 0 aromatic carbocycles. The van der Waals surface area contributed by atoms with Crippen molar-refractivity contribution < 1.29 is 9.21 Å². The van der Waals surface area contributed by atoms with E-state index in [4.69, 9.17) is 21.7 Å². The van der Waals surface area contributed by atoms with E-state index in [0.717, 1.165) is 0 Å². The van der Waals surface area contributed by atoms with Crippen molar-refractivity contribution in [2.24, 2.45) is 5.84 Å². The van der Waals surface area contributed by atoms with Gasteiger partial charge in [-0.2, -0.15) is 0 Å². The number of amides is 1. The van der Waals surface area contributed by atoms with Crippen LogP contribution in [0.4, 0.5) is 11.6 Å². The number of aromatic nitrogens is 2. The zero-order valence-corrected chi connectivity index (χ0v) is 10.6. The third-order valence-corrected chi connectivity index (χ3v) is 2.97. The van der Waals surface area contributed by atoms with E-state index in [-0.39, 0.29) is 5.76 Å². The average molecular weight is 280 g/mol. The topological polar surface area (TPSA) is 146 Å². The van der Waals surface area contributed by atoms with Crippen LogP contribution in [0.3, 0.4) is 0 Å². The molecule has 100 valence electrons. The number of thioether (sulfide) groups is 1. The van der Waals surface area contributed by atoms with Gasteiger partial charge < -0.3 is 15.9 Å². The van der Waals surface area contributed by atoms with Crippen LogP contribution >= 0.6 is 11.8 Å². The van der Waals surface area contributed by atoms with Gasteiger partial charge in [-0.1, -0.05) is 11.8 Å². The average Bonchev–Trinajstić information content (AvgIpc) is 2.83. The molecule has 7 N–H and O–H groups in total. The molecule has 2 aromatic rings. The maximum Gasteiger partial charge on any atom is 0.300 e. The van der Waals surface area contributed by atoms with E-state index in [2.05, 4.69) is 9.97 Å². The molecule has 2 heterocycles. The first-order valence-corrected chi connectivity index (χ1v) is 6.19. The smallest absolute Gasteiger partial charge is 0.300 e. The highest BCUT2D eigenvalue weighted by Crippen LogP contribution is 2.22. The molecule has 0 aliphatic heterocycles. The normalized spacial score (nSPS) is 10.4. The molecule has 2 rings (SSSR count). The van der Waals surface area contributed by atoms with Gasteiger partial charge in [0.15, 0.2) is 10.9 Å². The third kappa shape index (κ3) is 3.36. The molecule has 0 aliphatic carbocycles. The second kappa shape index (κ2) is 5.59. The number of furan rings is 1. The number of nitrogens with zero attached hydrogens (tertiary/aromatic N) is 2. The Bertz CT molecular complexity index is 579. The fraction of sp³-hybridized carbons (Fsp3) is 0.100. The van der Waals surface area contributed by atoms with Gasteiger partial charge in [0.05, 0.1) is 5.75 Å². The molecule has 0 unspecified atom stereocenters. The molecule has 0 atom stereocenters. The summed E-state index contributed by atoms with van der Waals surface area (Å²) in [4.78, 5) is 19.2. The van der Waals surface area contributed by atoms with E-state index in [1.807, 2.05) is 5.43 Å². The molecular weight excluding hydrogens is 268 g/mol. The minimum Gasteiger partial charge on any atom is -0.455 e. The highest BCUT2D eigenvalue weighted by Gasteiger charge is 2.10. The summed E-state index contributed by atoms with van der Waals surface area (Å²) in [6.07, 6.45) is 0. The van der Waals surface area contributed by atoms with E-state index in [9.17, 15) is 4.79 Å². The predicted molar refractivity (Wildman–Crippen MR) is 70.8 cm³/mol. The summed E-state index contributed by atoms with van der Waals surface area (Å²) in [7, 11) is 0. The maximum atomic E-state index is 11.2. The number of carbonyl (C=O) groups excluding carboxylic acids is 1. The number of nitrogen functional groups attached to an aromatic ring is 3. The first-order valence-electron chi connectivity index (χ1n) is 5.21. The van der Waals surface area contributed by atoms with Crippen molar-refractivity contribution in [3.8, 4) is 0 Å². The van der Waals surface area contributed by atoms with Gasteiger partial charge in [-0.3, -0.25) is 10.2 Å². The lowest BCUT2D eigenvalue weighted by Gasteiger charge is -2.01. The molecular formula is C10H12N6O2S. The van der Waals surface area contributed by atoms with Crippen LogP contribution in [0.25, 0.3) is 0 Å². The van der Waals surface area contributed by atoms with Gasteiger partial charge in [0, 0.05) is 6.07 Å². The first kappa shape index (κ1) is 13.2. The summed E-state index contributed by atoms with van der Waals surface area (Å²) in [5.41, 5.74) is 13.1. The van der Waals surface area contributed by atoms with Gasteiger partial charge in [0.2, 0.25) is 0 Å². The van der Waals surface area contributed by atoms with Crippen molar-refractivity contribution in [1.29, 1.82) is 0 Å². The van der Waals surface area contributed by atoms with Gasteiger partial charge in [0.25, 0.3) is 0 Å². The van der Waals surface area contributed by atoms with Crippen LogP contribution in [0.15, 0.2) is 27.8 Å². The van der Waals surface area contributed by atoms with Crippen LogP contribution in [0.2, 0.25) is 0 Å². The standard InChI is InChI=1S/C10H12N6O2S/c11-7-3-8(12)15-10(14-7)19-4-5-1-2-6(18-5)9(17)16-13/h1-3H,4,13H2,(H,16,17)(H4,11,12,14,15). The number of nitrogens with two attached hydrogens (primary N) is 3. The quantitative estimate of drug-likeness (QED) is 0.203. The summed E-state index contributed by atoms with van der Waals surface area (Å²) < 4.78 is 5.29. The van der Waals surface area contributed by atoms with E-state index >= 15 is 0 Å². The molecule has 0 fully saturated rings. The van der Waals surface area contributed by atoms with Gasteiger partial charge in [-0.15, -0.1) is 0 Å². The van der Waals surface area contributed by atoms with E-state index in [1.165, 1.54) is 23.9 Å². The van der Waals surface area contributed by atoms with E-state index in [0.29, 0.717) is 28.3 Å². The number of rotatable bonds is 4. The van der Waals surface area contributed by atoms with Crippen LogP contribution in [-0.4, -0.2) is 15.9 Å². The SMILES string of the molecule is NNC(=O)c1ccc(CSc2nc(N)cc(N)n2)o1. The lowest BCUT2D eigenvalue weighted by atomic mass is 10.4. The summed E-state index contributed by atoms with van der Waals surface area (Å²) in [6, 6.07) is 4.68. The minimum absolute atomic E-state index is 0.145. The number of hydrogen-bond donors (Lipinski definition) is 4. The monoisotopic (exact) mass is 280 g/mol. The third-order valence-electron chi connectivity index (χ3n) is 2.11. The van der Waals surface area contributed by atoms with E-state index in [1.54, 1.807) is 6.07 Å². The molecule has 0 radical (unpaired) electrons. The predicted octanol–water partition coefficient (Wildman–Crippen LogP) is 0.130. The molecule has 19 heavy (non-hydrogen) atoms. The van der Waals surface area contributed by atoms with Crippen molar-refractivity contribution in [3.63, 3.8) is 0 Å². The van der Waals surface area contributed by atoms with Gasteiger partial charge >= 0.3 is 5.91 Å². The van der Waals surface area contributed by atoms with Crippen molar-refractivity contribution in [2.45, 2.75) is 10.9 Å². The van der Waals surface area contributed by atoms with Crippen LogP contribution in [0, 0.1) is 0 Å². The van der Waals surface area contributed by atoms with Crippen LogP contribution < -0.4 is 22.7 Å². The Balaban J connectivity index is 2.02. The molecule has 9 heteroatoms. The molecule has 1 amide bonds. The number of hydrogen-bond acceptors (Lipinski definition) is 8. The van der Waals surface area contributed by atoms with Crippen LogP contribution in [0.5, 0.6) is 0 Å². The molecule has 0 saturated heterocycles. The molecule has 0 bridgehead atoms. The van der Waals surface area contributed by atoms with Gasteiger partial charge in [0.1, 0.15) is 17.4 Å². The minimum atomic E-state index is -0.485. The summed E-state index contributed by atoms with van der Waals surface area (Å²) in [6.45, 7) is 0. The lowest BCUT2D eigenvalue weighted by molar-refractivity contribution is 0.0924. The summed E-state index contributed by atoms with van der Waals surface area (Å²) in [5, 5.41) is 0.443. The summed E-state index contributed by atoms with van der Waals surface area (Å²) in [5.74, 6) is 6.30. The Labute approximate surface area is 112 Å². The highest BCUT2D eigenvalue weighted by atomic mass is 32.2. The second-order valence-corrected chi connectivity index (χ2v) is 4.47. The molecule has 0 spiro atoms. The number of hydrazine groups is 1. The zero-order valence-electron chi connectivity index (χ0n) is 9.79. The number of anilines is 2. The van der Waals surface area contributed by atoms with Crippen molar-refractivity contribution in [1.82, 2.24) is 15.4 Å². The van der Waals surface area contributed by atoms with Crippen LogP contribution in [-0.2, 0) is 5.75 Å². The van der Waals surface area contributed by atoms with Crippen LogP contribution in [0.1, 0.15) is 16.3 Å². The molecule has 2 aromatic heterocycles. The Morgan fingerprint density at radius 2 is 2.00 bits per heavy atom. The molecule has 8 nitrogen and oxygen atoms in total. The fourth-order valence-electron chi connectivity index (χ4n) is 1.31. The fourth-order valence-corrected chi connectivity index (χ4v) is 2.08. The second-order valence-electron chi connectivity index (χ2n) is 3.53. The van der Waals surface area contributed by atoms with Crippen molar-refractivity contribution in [3.05, 3.63) is 29.7 Å². The van der Waals surface area contributed by atoms with Gasteiger partial charge in [-0.05, 0) is 12.1 Å². The molecule has 0 saturated carbocycles. The Kier molecular flexibility index (Phi) is 3.88. The van der Waals surface area contributed by atoms with Crippen molar-refractivity contribution in [2.75, 3.05) is 11.5 Å². The largest absolute Gasteiger partial charge is 0.455 e. The Morgan fingerprint density at radius 1 is 1.32 bits per heavy atom. The lowest BCUT2D eigenvalue weighted by Crippen LogP contribution is -2.29. The van der Waals surface area contributed by atoms with Gasteiger partial charge in [-0.25, -0.2) is 15.8 Å². The molecule has 0 aliphatic rings. The Hall–Kier alpha value is -2.26. The van der Waals surface area contributed by atoms with Crippen molar-refractivity contribution >= 4 is 29.3 Å². The highest BCUT2D eigenvalue weighted by molar-refractivity contribution is 7.98. The zero-order chi connectivity index (χ0) is 13.8. The number of carbonyl (C=O) groups is 1. The Morgan fingerprint density at radius 3 is 2.63 bits per heavy atom. The number of nitrogens with one attached hydrogen (secondary N) is 1. The van der Waals surface area contributed by atoms with E-state index < -0.39 is 5.91 Å².